The van der Waals surface area contributed by atoms with Crippen molar-refractivity contribution in [3.63, 3.8) is 0 Å². The van der Waals surface area contributed by atoms with Crippen molar-refractivity contribution in [3.8, 4) is 5.75 Å². The van der Waals surface area contributed by atoms with Gasteiger partial charge >= 0.3 is 0 Å². The van der Waals surface area contributed by atoms with E-state index in [1.165, 1.54) is 5.57 Å². The SMILES string of the molecule is CC(C)(O)c1ccc2c(c1)/C(=C/CCN1CCC(C3=CC=C(Cl)CC3)(C(O)O)CC1)C1C=CC=NC1CO2. The van der Waals surface area contributed by atoms with Crippen LogP contribution in [0.3, 0.4) is 0 Å². The Morgan fingerprint density at radius 2 is 2.00 bits per heavy atom. The largest absolute Gasteiger partial charge is 0.491 e. The van der Waals surface area contributed by atoms with Crippen molar-refractivity contribution in [1.82, 2.24) is 4.90 Å². The highest BCUT2D eigenvalue weighted by Gasteiger charge is 2.43. The summed E-state index contributed by atoms with van der Waals surface area (Å²) in [7, 11) is 0. The number of halogens is 1. The molecule has 2 atom stereocenters. The van der Waals surface area contributed by atoms with E-state index in [1.54, 1.807) is 13.8 Å². The lowest BCUT2D eigenvalue weighted by atomic mass is 9.69. The molecule has 1 saturated heterocycles. The smallest absolute Gasteiger partial charge is 0.161 e. The molecule has 38 heavy (non-hydrogen) atoms. The van der Waals surface area contributed by atoms with Gasteiger partial charge in [-0.3, -0.25) is 4.99 Å². The number of dihydropyridines is 1. The van der Waals surface area contributed by atoms with E-state index >= 15 is 0 Å². The van der Waals surface area contributed by atoms with Crippen LogP contribution < -0.4 is 4.74 Å². The molecule has 4 aliphatic rings. The Balaban J connectivity index is 1.33. The maximum atomic E-state index is 10.7. The molecule has 0 aromatic heterocycles. The van der Waals surface area contributed by atoms with E-state index < -0.39 is 17.3 Å². The third kappa shape index (κ3) is 5.56. The summed E-state index contributed by atoms with van der Waals surface area (Å²) in [4.78, 5) is 7.11. The Kier molecular flexibility index (Phi) is 7.99. The molecule has 6 nitrogen and oxygen atoms in total. The Morgan fingerprint density at radius 1 is 1.21 bits per heavy atom. The Labute approximate surface area is 230 Å². The van der Waals surface area contributed by atoms with E-state index in [9.17, 15) is 15.3 Å². The minimum atomic E-state index is -1.37. The number of nitrogens with zero attached hydrogens (tertiary/aromatic N) is 2. The molecule has 3 aliphatic heterocycles. The first-order valence-electron chi connectivity index (χ1n) is 13.7. The lowest BCUT2D eigenvalue weighted by Gasteiger charge is -2.45. The average molecular weight is 539 g/mol. The van der Waals surface area contributed by atoms with Crippen LogP contribution >= 0.6 is 11.6 Å². The fourth-order valence-corrected chi connectivity index (χ4v) is 6.38. The van der Waals surface area contributed by atoms with Crippen molar-refractivity contribution in [1.29, 1.82) is 0 Å². The summed E-state index contributed by atoms with van der Waals surface area (Å²) in [5.74, 6) is 0.951. The molecule has 0 amide bonds. The molecule has 0 bridgehead atoms. The first-order valence-corrected chi connectivity index (χ1v) is 14.1. The van der Waals surface area contributed by atoms with Gasteiger partial charge in [0.2, 0.25) is 0 Å². The lowest BCUT2D eigenvalue weighted by molar-refractivity contribution is -0.139. The standard InChI is InChI=1S/C31H39ClN2O4/c1-30(2,37)22-9-12-28-26(19-22)24(25-5-3-15-33-27(25)20-38-28)6-4-16-34-17-13-31(14-18-34,29(35)36)21-7-10-23(32)11-8-21/h3,5-7,9-10,12,15,19,25,27,29,35-37H,4,8,11,13-14,16-18,20H2,1-2H3/b24-6+. The average Bonchev–Trinajstić information content (AvgIpc) is 3.06. The molecule has 7 heteroatoms. The van der Waals surface area contributed by atoms with Gasteiger partial charge in [0.1, 0.15) is 12.4 Å². The first kappa shape index (κ1) is 27.4. The molecule has 0 saturated carbocycles. The van der Waals surface area contributed by atoms with E-state index in [-0.39, 0.29) is 12.0 Å². The van der Waals surface area contributed by atoms with E-state index in [0.717, 1.165) is 66.4 Å². The molecular weight excluding hydrogens is 500 g/mol. The van der Waals surface area contributed by atoms with Crippen molar-refractivity contribution < 1.29 is 20.1 Å². The maximum absolute atomic E-state index is 10.7. The molecular formula is C31H39ClN2O4. The molecule has 1 aromatic carbocycles. The van der Waals surface area contributed by atoms with Gasteiger partial charge < -0.3 is 25.0 Å². The second-order valence-electron chi connectivity index (χ2n) is 11.5. The van der Waals surface area contributed by atoms with Gasteiger partial charge in [-0.25, -0.2) is 0 Å². The van der Waals surface area contributed by atoms with Crippen molar-refractivity contribution in [2.24, 2.45) is 16.3 Å². The number of rotatable bonds is 6. The van der Waals surface area contributed by atoms with E-state index in [1.807, 2.05) is 36.6 Å². The molecule has 5 rings (SSSR count). The summed E-state index contributed by atoms with van der Waals surface area (Å²) < 4.78 is 6.18. The Bertz CT molecular complexity index is 1180. The number of hydrogen-bond acceptors (Lipinski definition) is 6. The number of aliphatic imine (C=N–C) groups is 1. The van der Waals surface area contributed by atoms with Crippen LogP contribution in [0.25, 0.3) is 5.57 Å². The number of allylic oxidation sites excluding steroid dienone is 4. The maximum Gasteiger partial charge on any atom is 0.161 e. The zero-order valence-corrected chi connectivity index (χ0v) is 23.1. The van der Waals surface area contributed by atoms with Crippen molar-refractivity contribution in [3.05, 3.63) is 70.3 Å². The predicted octanol–water partition coefficient (Wildman–Crippen LogP) is 4.94. The molecule has 0 radical (unpaired) electrons. The minimum absolute atomic E-state index is 0.0252. The quantitative estimate of drug-likeness (QED) is 0.447. The highest BCUT2D eigenvalue weighted by atomic mass is 35.5. The second-order valence-corrected chi connectivity index (χ2v) is 12.0. The zero-order valence-electron chi connectivity index (χ0n) is 22.3. The highest BCUT2D eigenvalue weighted by molar-refractivity contribution is 6.29. The third-order valence-electron chi connectivity index (χ3n) is 8.65. The van der Waals surface area contributed by atoms with Gasteiger partial charge in [0, 0.05) is 34.7 Å². The van der Waals surface area contributed by atoms with Crippen LogP contribution in [0.4, 0.5) is 0 Å². The fraction of sp³-hybridized carbons (Fsp3) is 0.516. The van der Waals surface area contributed by atoms with Gasteiger partial charge in [0.25, 0.3) is 0 Å². The van der Waals surface area contributed by atoms with Crippen LogP contribution in [0.2, 0.25) is 0 Å². The molecule has 0 spiro atoms. The normalized spacial score (nSPS) is 26.3. The van der Waals surface area contributed by atoms with Crippen LogP contribution in [0.1, 0.15) is 57.1 Å². The monoisotopic (exact) mass is 538 g/mol. The number of piperidine rings is 1. The van der Waals surface area contributed by atoms with Gasteiger partial charge in [-0.1, -0.05) is 41.5 Å². The zero-order chi connectivity index (χ0) is 26.9. The number of hydrogen-bond donors (Lipinski definition) is 3. The molecule has 3 heterocycles. The van der Waals surface area contributed by atoms with Crippen LogP contribution in [0, 0.1) is 11.3 Å². The third-order valence-corrected chi connectivity index (χ3v) is 8.97. The Hall–Kier alpha value is -2.22. The summed E-state index contributed by atoms with van der Waals surface area (Å²) in [5.41, 5.74) is 2.64. The van der Waals surface area contributed by atoms with Crippen LogP contribution in [0.5, 0.6) is 5.75 Å². The molecule has 1 aromatic rings. The molecule has 1 aliphatic carbocycles. The molecule has 204 valence electrons. The summed E-state index contributed by atoms with van der Waals surface area (Å²) in [5, 5.41) is 32.2. The van der Waals surface area contributed by atoms with Gasteiger partial charge in [0.05, 0.1) is 11.6 Å². The molecule has 2 unspecified atom stereocenters. The van der Waals surface area contributed by atoms with Crippen molar-refractivity contribution in [2.75, 3.05) is 26.2 Å². The number of fused-ring (bicyclic) bond motifs is 2. The van der Waals surface area contributed by atoms with Gasteiger partial charge in [-0.2, -0.15) is 0 Å². The number of benzene rings is 1. The summed E-state index contributed by atoms with van der Waals surface area (Å²) >= 11 is 6.15. The van der Waals surface area contributed by atoms with Crippen LogP contribution in [0.15, 0.2) is 64.2 Å². The molecule has 3 N–H and O–H groups in total. The van der Waals surface area contributed by atoms with Gasteiger partial charge in [-0.05, 0) is 94.5 Å². The Morgan fingerprint density at radius 3 is 2.68 bits per heavy atom. The highest BCUT2D eigenvalue weighted by Crippen LogP contribution is 2.45. The van der Waals surface area contributed by atoms with Crippen molar-refractivity contribution >= 4 is 23.4 Å². The number of ether oxygens (including phenoxy) is 1. The molecule has 1 fully saturated rings. The second kappa shape index (κ2) is 11.1. The topological polar surface area (TPSA) is 85.5 Å². The van der Waals surface area contributed by atoms with Gasteiger partial charge in [-0.15, -0.1) is 0 Å². The van der Waals surface area contributed by atoms with E-state index in [0.29, 0.717) is 19.4 Å². The summed E-state index contributed by atoms with van der Waals surface area (Å²) in [6, 6.07) is 5.99. The predicted molar refractivity (Wildman–Crippen MR) is 152 cm³/mol. The van der Waals surface area contributed by atoms with E-state index in [4.69, 9.17) is 21.3 Å². The van der Waals surface area contributed by atoms with E-state index in [2.05, 4.69) is 23.1 Å². The number of aliphatic hydroxyl groups excluding tert-OH is 1. The lowest BCUT2D eigenvalue weighted by Crippen LogP contribution is -2.47. The summed E-state index contributed by atoms with van der Waals surface area (Å²) in [6.07, 6.45) is 14.7. The first-order chi connectivity index (χ1) is 18.2. The van der Waals surface area contributed by atoms with Crippen LogP contribution in [-0.2, 0) is 5.60 Å². The number of aliphatic hydroxyl groups is 3. The van der Waals surface area contributed by atoms with Crippen molar-refractivity contribution in [2.45, 2.75) is 63.9 Å². The fourth-order valence-electron chi connectivity index (χ4n) is 6.22. The van der Waals surface area contributed by atoms with Crippen LogP contribution in [-0.4, -0.2) is 65.0 Å². The number of likely N-dealkylation sites (tertiary alicyclic amines) is 1. The summed E-state index contributed by atoms with van der Waals surface area (Å²) in [6.45, 7) is 6.64. The minimum Gasteiger partial charge on any atom is -0.491 e. The van der Waals surface area contributed by atoms with Gasteiger partial charge in [0.15, 0.2) is 6.29 Å².